The average molecular weight is 507 g/mol. The molecule has 0 aliphatic heterocycles. The van der Waals surface area contributed by atoms with Crippen molar-refractivity contribution in [3.63, 3.8) is 0 Å². The molecule has 0 aliphatic carbocycles. The second-order valence-corrected chi connectivity index (χ2v) is 9.44. The number of aryl methyl sites for hydroxylation is 4. The molecule has 4 aromatic carbocycles. The van der Waals surface area contributed by atoms with E-state index in [1.807, 2.05) is 39.8 Å². The third-order valence-corrected chi connectivity index (χ3v) is 6.67. The van der Waals surface area contributed by atoms with Crippen LogP contribution in [-0.4, -0.2) is 17.6 Å². The highest BCUT2D eigenvalue weighted by Gasteiger charge is 2.16. The number of ketones is 1. The van der Waals surface area contributed by atoms with Gasteiger partial charge in [0.05, 0.1) is 22.7 Å². The first-order valence-electron chi connectivity index (χ1n) is 12.1. The van der Waals surface area contributed by atoms with Crippen LogP contribution in [0.2, 0.25) is 0 Å². The summed E-state index contributed by atoms with van der Waals surface area (Å²) in [6, 6.07) is 20.3. The molecule has 0 bridgehead atoms. The van der Waals surface area contributed by atoms with E-state index in [2.05, 4.69) is 10.6 Å². The number of nitrogens with two attached hydrogens (primary N) is 2. The molecule has 0 fully saturated rings. The molecule has 4 rings (SSSR count). The van der Waals surface area contributed by atoms with Crippen LogP contribution in [0.25, 0.3) is 0 Å². The lowest BCUT2D eigenvalue weighted by molar-refractivity contribution is 0.101. The third-order valence-electron chi connectivity index (χ3n) is 6.67. The first-order valence-corrected chi connectivity index (χ1v) is 12.1. The monoisotopic (exact) mass is 506 g/mol. The second-order valence-electron chi connectivity index (χ2n) is 9.44. The van der Waals surface area contributed by atoms with E-state index < -0.39 is 0 Å². The first-order chi connectivity index (χ1) is 18.0. The third kappa shape index (κ3) is 5.57. The first kappa shape index (κ1) is 26.2. The number of hydrogen-bond acceptors (Lipinski definition) is 5. The Bertz CT molecular complexity index is 1470. The van der Waals surface area contributed by atoms with Crippen LogP contribution in [0.5, 0.6) is 0 Å². The molecule has 38 heavy (non-hydrogen) atoms. The summed E-state index contributed by atoms with van der Waals surface area (Å²) in [6.07, 6.45) is 0. The van der Waals surface area contributed by atoms with Gasteiger partial charge in [0.15, 0.2) is 5.78 Å². The quantitative estimate of drug-likeness (QED) is 0.194. The van der Waals surface area contributed by atoms with Crippen molar-refractivity contribution in [2.75, 3.05) is 22.1 Å². The number of hydrogen-bond donors (Lipinski definition) is 4. The number of amides is 2. The van der Waals surface area contributed by atoms with Crippen molar-refractivity contribution >= 4 is 40.3 Å². The SMILES string of the molecule is Cc1ccc(C(=O)Nc2cc(C(=O)c3ccc(N)c(NC(=O)c4ccc(C)c(C)c4)c3)ccc2N)cc1C. The van der Waals surface area contributed by atoms with Crippen molar-refractivity contribution in [3.05, 3.63) is 117 Å². The highest BCUT2D eigenvalue weighted by Crippen LogP contribution is 2.26. The number of rotatable bonds is 6. The molecule has 7 nitrogen and oxygen atoms in total. The Morgan fingerprint density at radius 1 is 0.500 bits per heavy atom. The summed E-state index contributed by atoms with van der Waals surface area (Å²) in [4.78, 5) is 39.0. The van der Waals surface area contributed by atoms with Gasteiger partial charge in [-0.15, -0.1) is 0 Å². The van der Waals surface area contributed by atoms with E-state index in [4.69, 9.17) is 11.5 Å². The molecule has 0 atom stereocenters. The van der Waals surface area contributed by atoms with Crippen molar-refractivity contribution in [3.8, 4) is 0 Å². The van der Waals surface area contributed by atoms with Gasteiger partial charge in [-0.2, -0.15) is 0 Å². The van der Waals surface area contributed by atoms with Crippen molar-refractivity contribution in [1.82, 2.24) is 0 Å². The summed E-state index contributed by atoms with van der Waals surface area (Å²) < 4.78 is 0. The lowest BCUT2D eigenvalue weighted by atomic mass is 10.0. The molecule has 0 spiro atoms. The summed E-state index contributed by atoms with van der Waals surface area (Å²) in [5, 5.41) is 5.60. The van der Waals surface area contributed by atoms with Gasteiger partial charge in [-0.1, -0.05) is 12.1 Å². The molecule has 4 aromatic rings. The van der Waals surface area contributed by atoms with Gasteiger partial charge in [0.2, 0.25) is 0 Å². The van der Waals surface area contributed by atoms with Crippen LogP contribution < -0.4 is 22.1 Å². The van der Waals surface area contributed by atoms with E-state index in [1.54, 1.807) is 60.7 Å². The van der Waals surface area contributed by atoms with Crippen molar-refractivity contribution in [2.24, 2.45) is 0 Å². The lowest BCUT2D eigenvalue weighted by Crippen LogP contribution is -2.15. The van der Waals surface area contributed by atoms with E-state index in [1.165, 1.54) is 0 Å². The van der Waals surface area contributed by atoms with Crippen LogP contribution in [0.4, 0.5) is 22.7 Å². The Labute approximate surface area is 221 Å². The van der Waals surface area contributed by atoms with Crippen LogP contribution >= 0.6 is 0 Å². The Hall–Kier alpha value is -4.91. The second kappa shape index (κ2) is 10.6. The predicted octanol–water partition coefficient (Wildman–Crippen LogP) is 5.82. The summed E-state index contributed by atoms with van der Waals surface area (Å²) in [7, 11) is 0. The molecule has 0 radical (unpaired) electrons. The molecule has 2 amide bonds. The molecule has 0 aliphatic rings. The van der Waals surface area contributed by atoms with Gasteiger partial charge in [-0.3, -0.25) is 14.4 Å². The van der Waals surface area contributed by atoms with Gasteiger partial charge in [-0.05, 0) is 111 Å². The minimum Gasteiger partial charge on any atom is -0.397 e. The Balaban J connectivity index is 1.56. The molecular weight excluding hydrogens is 476 g/mol. The molecule has 7 heteroatoms. The van der Waals surface area contributed by atoms with Crippen LogP contribution in [0.1, 0.15) is 58.9 Å². The number of anilines is 4. The van der Waals surface area contributed by atoms with E-state index >= 15 is 0 Å². The van der Waals surface area contributed by atoms with Gasteiger partial charge in [0.25, 0.3) is 11.8 Å². The molecular formula is C31H30N4O3. The van der Waals surface area contributed by atoms with E-state index in [-0.39, 0.29) is 17.6 Å². The molecule has 0 heterocycles. The zero-order valence-corrected chi connectivity index (χ0v) is 21.8. The molecule has 0 saturated heterocycles. The van der Waals surface area contributed by atoms with E-state index in [0.717, 1.165) is 22.3 Å². The van der Waals surface area contributed by atoms with E-state index in [9.17, 15) is 14.4 Å². The number of carbonyl (C=O) groups is 3. The maximum absolute atomic E-state index is 13.3. The topological polar surface area (TPSA) is 127 Å². The van der Waals surface area contributed by atoms with Crippen molar-refractivity contribution in [1.29, 1.82) is 0 Å². The fourth-order valence-electron chi connectivity index (χ4n) is 3.93. The largest absolute Gasteiger partial charge is 0.397 e. The van der Waals surface area contributed by atoms with Gasteiger partial charge in [0, 0.05) is 22.3 Å². The highest BCUT2D eigenvalue weighted by molar-refractivity contribution is 6.13. The Morgan fingerprint density at radius 2 is 0.868 bits per heavy atom. The lowest BCUT2D eigenvalue weighted by Gasteiger charge is -2.13. The smallest absolute Gasteiger partial charge is 0.255 e. The maximum atomic E-state index is 13.3. The van der Waals surface area contributed by atoms with Crippen molar-refractivity contribution in [2.45, 2.75) is 27.7 Å². The van der Waals surface area contributed by atoms with Gasteiger partial charge < -0.3 is 22.1 Å². The van der Waals surface area contributed by atoms with Crippen LogP contribution in [0.3, 0.4) is 0 Å². The average Bonchev–Trinajstić information content (AvgIpc) is 2.89. The van der Waals surface area contributed by atoms with Crippen LogP contribution in [0.15, 0.2) is 72.8 Å². The molecule has 0 saturated carbocycles. The fourth-order valence-corrected chi connectivity index (χ4v) is 3.93. The maximum Gasteiger partial charge on any atom is 0.255 e. The number of nitrogen functional groups attached to an aromatic ring is 2. The van der Waals surface area contributed by atoms with Gasteiger partial charge >= 0.3 is 0 Å². The minimum atomic E-state index is -0.326. The van der Waals surface area contributed by atoms with Crippen LogP contribution in [0, 0.1) is 27.7 Å². The van der Waals surface area contributed by atoms with E-state index in [0.29, 0.717) is 45.0 Å². The molecule has 0 unspecified atom stereocenters. The fraction of sp³-hybridized carbons (Fsp3) is 0.129. The summed E-state index contributed by atoms with van der Waals surface area (Å²) >= 11 is 0. The number of benzene rings is 4. The van der Waals surface area contributed by atoms with Crippen LogP contribution in [-0.2, 0) is 0 Å². The molecule has 6 N–H and O–H groups in total. The summed E-state index contributed by atoms with van der Waals surface area (Å²) in [6.45, 7) is 7.82. The summed E-state index contributed by atoms with van der Waals surface area (Å²) in [5.74, 6) is -0.963. The normalized spacial score (nSPS) is 10.6. The number of carbonyl (C=O) groups excluding carboxylic acids is 3. The van der Waals surface area contributed by atoms with Gasteiger partial charge in [0.1, 0.15) is 0 Å². The Kier molecular flexibility index (Phi) is 7.30. The van der Waals surface area contributed by atoms with Crippen molar-refractivity contribution < 1.29 is 14.4 Å². The molecule has 192 valence electrons. The zero-order valence-electron chi connectivity index (χ0n) is 21.8. The number of nitrogens with one attached hydrogen (secondary N) is 2. The predicted molar refractivity (Wildman–Crippen MR) is 153 cm³/mol. The molecule has 0 aromatic heterocycles. The Morgan fingerprint density at radius 3 is 1.24 bits per heavy atom. The summed E-state index contributed by atoms with van der Waals surface area (Å²) in [5.41, 5.74) is 19.3. The van der Waals surface area contributed by atoms with Gasteiger partial charge in [-0.25, -0.2) is 0 Å². The highest BCUT2D eigenvalue weighted by atomic mass is 16.2. The minimum absolute atomic E-state index is 0.312. The standard InChI is InChI=1S/C31H30N4O3/c1-17-5-7-23(13-19(17)3)30(37)34-27-15-21(9-11-25(27)32)29(36)22-10-12-26(33)28(16-22)35-31(38)24-8-6-18(2)20(4)14-24/h5-16H,32-33H2,1-4H3,(H,34,37)(H,35,38). The zero-order chi connectivity index (χ0) is 27.6.